The van der Waals surface area contributed by atoms with Gasteiger partial charge in [0.1, 0.15) is 6.04 Å². The van der Waals surface area contributed by atoms with Crippen molar-refractivity contribution in [3.05, 3.63) is 114 Å². The van der Waals surface area contributed by atoms with Crippen LogP contribution in [0, 0.1) is 0 Å². The molecular weight excluding hydrogens is 520 g/mol. The highest BCUT2D eigenvalue weighted by atomic mass is 16.5. The molecule has 0 fully saturated rings. The van der Waals surface area contributed by atoms with Crippen LogP contribution < -0.4 is 21.4 Å². The van der Waals surface area contributed by atoms with Crippen LogP contribution in [0.3, 0.4) is 0 Å². The Morgan fingerprint density at radius 2 is 1.44 bits per heavy atom. The Morgan fingerprint density at radius 3 is 2.20 bits per heavy atom. The molecule has 0 aromatic heterocycles. The fraction of sp³-hybridized carbons (Fsp3) is 0.188. The van der Waals surface area contributed by atoms with Crippen molar-refractivity contribution in [3.63, 3.8) is 0 Å². The van der Waals surface area contributed by atoms with Crippen LogP contribution >= 0.6 is 0 Å². The number of unbranched alkanes of at least 4 members (excludes halogenated alkanes) is 2. The molecule has 0 bridgehead atoms. The molecule has 0 aliphatic rings. The summed E-state index contributed by atoms with van der Waals surface area (Å²) >= 11 is 0. The van der Waals surface area contributed by atoms with Crippen LogP contribution in [0.5, 0.6) is 0 Å². The van der Waals surface area contributed by atoms with Gasteiger partial charge in [-0.2, -0.15) is 0 Å². The Balaban J connectivity index is 1.37. The number of Topliss-reactive ketones (excluding diaryl/α,β-unsaturated/α-hetero) is 1. The number of fused-ring (bicyclic) bond motifs is 1. The van der Waals surface area contributed by atoms with Gasteiger partial charge < -0.3 is 16.0 Å². The van der Waals surface area contributed by atoms with Gasteiger partial charge in [-0.25, -0.2) is 10.3 Å². The number of carbonyl (C=O) groups is 4. The number of hydrogen-bond acceptors (Lipinski definition) is 5. The van der Waals surface area contributed by atoms with E-state index in [0.717, 1.165) is 17.2 Å². The van der Waals surface area contributed by atoms with Crippen molar-refractivity contribution in [2.24, 2.45) is 0 Å². The molecule has 9 nitrogen and oxygen atoms in total. The van der Waals surface area contributed by atoms with E-state index in [2.05, 4.69) is 16.0 Å². The fourth-order valence-electron chi connectivity index (χ4n) is 4.49. The van der Waals surface area contributed by atoms with Gasteiger partial charge in [0, 0.05) is 29.8 Å². The summed E-state index contributed by atoms with van der Waals surface area (Å²) < 4.78 is 0. The maximum Gasteiger partial charge on any atom is 0.320 e. The summed E-state index contributed by atoms with van der Waals surface area (Å²) in [6.45, 7) is 0.452. The first-order valence-corrected chi connectivity index (χ1v) is 13.4. The van der Waals surface area contributed by atoms with Crippen molar-refractivity contribution in [2.75, 3.05) is 11.9 Å². The largest absolute Gasteiger partial charge is 0.352 e. The number of hydroxylamine groups is 1. The highest BCUT2D eigenvalue weighted by molar-refractivity contribution is 6.12. The lowest BCUT2D eigenvalue weighted by Gasteiger charge is -2.20. The van der Waals surface area contributed by atoms with Crippen LogP contribution in [0.4, 0.5) is 10.5 Å². The van der Waals surface area contributed by atoms with Gasteiger partial charge in [0.05, 0.1) is 0 Å². The molecule has 0 radical (unpaired) electrons. The molecule has 4 amide bonds. The highest BCUT2D eigenvalue weighted by Crippen LogP contribution is 2.25. The summed E-state index contributed by atoms with van der Waals surface area (Å²) in [5.74, 6) is -0.908. The minimum atomic E-state index is -0.912. The molecule has 9 heteroatoms. The van der Waals surface area contributed by atoms with E-state index < -0.39 is 18.0 Å². The molecule has 0 aliphatic carbocycles. The second-order valence-electron chi connectivity index (χ2n) is 9.51. The molecule has 4 rings (SSSR count). The Hall–Kier alpha value is -5.02. The summed E-state index contributed by atoms with van der Waals surface area (Å²) in [5, 5.41) is 18.6. The minimum absolute atomic E-state index is 0.230. The number of amides is 4. The molecule has 5 N–H and O–H groups in total. The molecule has 0 saturated carbocycles. The monoisotopic (exact) mass is 552 g/mol. The molecule has 4 aromatic rings. The molecule has 0 unspecified atom stereocenters. The normalized spacial score (nSPS) is 11.3. The Morgan fingerprint density at radius 1 is 0.732 bits per heavy atom. The number of carbonyl (C=O) groups excluding carboxylic acids is 4. The van der Waals surface area contributed by atoms with E-state index in [1.165, 1.54) is 0 Å². The second-order valence-corrected chi connectivity index (χ2v) is 9.51. The van der Waals surface area contributed by atoms with E-state index >= 15 is 0 Å². The van der Waals surface area contributed by atoms with Crippen LogP contribution in [-0.4, -0.2) is 35.4 Å². The van der Waals surface area contributed by atoms with Gasteiger partial charge in [-0.3, -0.25) is 19.6 Å². The SMILES string of the molecule is O=C(CCCCCNC(=O)c1ccc(NC(=O)N[C@H](C(=O)c2cccc3ccccc23)c2ccccc2)cc1)NO. The fourth-order valence-corrected chi connectivity index (χ4v) is 4.49. The molecule has 41 heavy (non-hydrogen) atoms. The standard InChI is InChI=1S/C32H32N4O5/c37-28(36-41)16-5-2-8-21-33-31(39)24-17-19-25(20-18-24)34-32(40)35-29(23-11-3-1-4-12-23)30(38)27-15-9-13-22-10-6-7-14-26(22)27/h1,3-4,6-7,9-15,17-20,29,41H,2,5,8,16,21H2,(H,33,39)(H,36,37)(H2,34,35,40)/t29-/m0/s1. The van der Waals surface area contributed by atoms with Gasteiger partial charge in [-0.1, -0.05) is 79.2 Å². The average molecular weight is 553 g/mol. The predicted molar refractivity (Wildman–Crippen MR) is 157 cm³/mol. The molecule has 0 saturated heterocycles. The van der Waals surface area contributed by atoms with E-state index in [1.54, 1.807) is 47.9 Å². The molecule has 0 heterocycles. The highest BCUT2D eigenvalue weighted by Gasteiger charge is 2.25. The topological polar surface area (TPSA) is 137 Å². The second kappa shape index (κ2) is 14.4. The maximum absolute atomic E-state index is 13.7. The molecule has 4 aromatic carbocycles. The van der Waals surface area contributed by atoms with Crippen LogP contribution in [-0.2, 0) is 4.79 Å². The van der Waals surface area contributed by atoms with Gasteiger partial charge in [0.25, 0.3) is 5.91 Å². The van der Waals surface area contributed by atoms with Crippen molar-refractivity contribution in [1.82, 2.24) is 16.1 Å². The first-order chi connectivity index (χ1) is 20.0. The Bertz CT molecular complexity index is 1500. The third kappa shape index (κ3) is 8.00. The van der Waals surface area contributed by atoms with Gasteiger partial charge in [-0.15, -0.1) is 0 Å². The van der Waals surface area contributed by atoms with E-state index in [9.17, 15) is 19.2 Å². The van der Waals surface area contributed by atoms with Gasteiger partial charge in [0.15, 0.2) is 5.78 Å². The number of rotatable bonds is 12. The summed E-state index contributed by atoms with van der Waals surface area (Å²) in [4.78, 5) is 50.2. The molecule has 1 atom stereocenters. The number of urea groups is 1. The van der Waals surface area contributed by atoms with E-state index in [-0.39, 0.29) is 18.1 Å². The molecule has 0 spiro atoms. The lowest BCUT2D eigenvalue weighted by Crippen LogP contribution is -2.37. The van der Waals surface area contributed by atoms with Crippen LogP contribution in [0.15, 0.2) is 97.1 Å². The smallest absolute Gasteiger partial charge is 0.320 e. The summed E-state index contributed by atoms with van der Waals surface area (Å²) in [6, 6.07) is 27.2. The van der Waals surface area contributed by atoms with E-state index in [0.29, 0.717) is 41.8 Å². The number of hydrogen-bond donors (Lipinski definition) is 5. The quantitative estimate of drug-likeness (QED) is 0.0696. The molecule has 0 aliphatic heterocycles. The van der Waals surface area contributed by atoms with Crippen molar-refractivity contribution < 1.29 is 24.4 Å². The van der Waals surface area contributed by atoms with Crippen molar-refractivity contribution >= 4 is 40.1 Å². The maximum atomic E-state index is 13.7. The first-order valence-electron chi connectivity index (χ1n) is 13.4. The lowest BCUT2D eigenvalue weighted by molar-refractivity contribution is -0.129. The summed E-state index contributed by atoms with van der Waals surface area (Å²) in [7, 11) is 0. The van der Waals surface area contributed by atoms with Crippen LogP contribution in [0.2, 0.25) is 0 Å². The third-order valence-electron chi connectivity index (χ3n) is 6.62. The van der Waals surface area contributed by atoms with Crippen molar-refractivity contribution in [2.45, 2.75) is 31.7 Å². The van der Waals surface area contributed by atoms with Gasteiger partial charge >= 0.3 is 6.03 Å². The van der Waals surface area contributed by atoms with E-state index in [1.807, 2.05) is 54.6 Å². The zero-order valence-corrected chi connectivity index (χ0v) is 22.4. The lowest BCUT2D eigenvalue weighted by atomic mass is 9.93. The van der Waals surface area contributed by atoms with Crippen LogP contribution in [0.1, 0.15) is 58.0 Å². The van der Waals surface area contributed by atoms with Crippen molar-refractivity contribution in [3.8, 4) is 0 Å². The number of ketones is 1. The summed E-state index contributed by atoms with van der Waals surface area (Å²) in [5.41, 5.74) is 3.66. The van der Waals surface area contributed by atoms with Gasteiger partial charge in [-0.05, 0) is 53.4 Å². The Kier molecular flexibility index (Phi) is 10.2. The number of anilines is 1. The minimum Gasteiger partial charge on any atom is -0.352 e. The Labute approximate surface area is 237 Å². The first kappa shape index (κ1) is 29.0. The van der Waals surface area contributed by atoms with Gasteiger partial charge in [0.2, 0.25) is 5.91 Å². The zero-order chi connectivity index (χ0) is 29.0. The zero-order valence-electron chi connectivity index (χ0n) is 22.4. The van der Waals surface area contributed by atoms with E-state index in [4.69, 9.17) is 5.21 Å². The average Bonchev–Trinajstić information content (AvgIpc) is 3.01. The predicted octanol–water partition coefficient (Wildman–Crippen LogP) is 5.38. The summed E-state index contributed by atoms with van der Waals surface area (Å²) in [6.07, 6.45) is 2.28. The number of nitrogens with one attached hydrogen (secondary N) is 4. The number of benzene rings is 4. The molecular formula is C32H32N4O5. The third-order valence-corrected chi connectivity index (χ3v) is 6.62. The van der Waals surface area contributed by atoms with Crippen molar-refractivity contribution in [1.29, 1.82) is 0 Å². The molecule has 210 valence electrons. The van der Waals surface area contributed by atoms with Crippen LogP contribution in [0.25, 0.3) is 10.8 Å².